The minimum atomic E-state index is -1.62. The highest BCUT2D eigenvalue weighted by atomic mass is 16.4. The number of nitrogens with one attached hydrogen (secondary N) is 5. The number of aliphatic hydroxyl groups excluding tert-OH is 2. The van der Waals surface area contributed by atoms with E-state index in [-0.39, 0.29) is 30.9 Å². The van der Waals surface area contributed by atoms with E-state index in [9.17, 15) is 49.2 Å². The van der Waals surface area contributed by atoms with Gasteiger partial charge in [-0.2, -0.15) is 0 Å². The number of phenolic OH excluding ortho intramolecular Hbond substituents is 1. The molecule has 268 valence electrons. The van der Waals surface area contributed by atoms with Crippen molar-refractivity contribution < 1.29 is 49.2 Å². The second-order valence-electron chi connectivity index (χ2n) is 12.0. The van der Waals surface area contributed by atoms with Crippen molar-refractivity contribution in [1.29, 1.82) is 0 Å². The molecular formula is C33H46N6O10. The first-order chi connectivity index (χ1) is 23.1. The van der Waals surface area contributed by atoms with E-state index in [4.69, 9.17) is 5.73 Å². The lowest BCUT2D eigenvalue weighted by Gasteiger charge is -2.26. The topological polar surface area (TPSA) is 270 Å². The van der Waals surface area contributed by atoms with Crippen LogP contribution in [0.25, 0.3) is 0 Å². The van der Waals surface area contributed by atoms with E-state index in [0.717, 1.165) is 0 Å². The average molecular weight is 687 g/mol. The van der Waals surface area contributed by atoms with Crippen LogP contribution in [-0.4, -0.2) is 105 Å². The number of amides is 5. The second-order valence-corrected chi connectivity index (χ2v) is 12.0. The van der Waals surface area contributed by atoms with Crippen molar-refractivity contribution in [1.82, 2.24) is 26.6 Å². The molecule has 0 bridgehead atoms. The monoisotopic (exact) mass is 686 g/mol. The van der Waals surface area contributed by atoms with Gasteiger partial charge >= 0.3 is 5.97 Å². The van der Waals surface area contributed by atoms with Gasteiger partial charge in [-0.05, 0) is 48.9 Å². The molecule has 0 heterocycles. The first-order valence-electron chi connectivity index (χ1n) is 15.7. The van der Waals surface area contributed by atoms with Crippen molar-refractivity contribution >= 4 is 35.5 Å². The maximum atomic E-state index is 13.5. The lowest BCUT2D eigenvalue weighted by molar-refractivity contribution is -0.145. The van der Waals surface area contributed by atoms with Crippen LogP contribution in [0.4, 0.5) is 0 Å². The molecule has 0 spiro atoms. The summed E-state index contributed by atoms with van der Waals surface area (Å²) >= 11 is 0. The summed E-state index contributed by atoms with van der Waals surface area (Å²) in [7, 11) is 0. The highest BCUT2D eigenvalue weighted by molar-refractivity contribution is 5.95. The van der Waals surface area contributed by atoms with Gasteiger partial charge < -0.3 is 52.7 Å². The predicted molar refractivity (Wildman–Crippen MR) is 177 cm³/mol. The van der Waals surface area contributed by atoms with E-state index in [1.165, 1.54) is 19.1 Å². The number of hydrogen-bond donors (Lipinski definition) is 10. The number of carboxylic acid groups (broad SMARTS) is 1. The summed E-state index contributed by atoms with van der Waals surface area (Å²) < 4.78 is 0. The molecule has 16 heteroatoms. The largest absolute Gasteiger partial charge is 0.508 e. The Bertz CT molecular complexity index is 1420. The van der Waals surface area contributed by atoms with Crippen LogP contribution >= 0.6 is 0 Å². The second kappa shape index (κ2) is 19.7. The predicted octanol–water partition coefficient (Wildman–Crippen LogP) is -1.94. The zero-order chi connectivity index (χ0) is 36.7. The third-order valence-electron chi connectivity index (χ3n) is 7.29. The van der Waals surface area contributed by atoms with Crippen molar-refractivity contribution in [3.05, 3.63) is 65.7 Å². The molecule has 0 unspecified atom stereocenters. The van der Waals surface area contributed by atoms with Crippen LogP contribution in [0.1, 0.15) is 38.3 Å². The quantitative estimate of drug-likeness (QED) is 0.0777. The summed E-state index contributed by atoms with van der Waals surface area (Å²) in [6, 6.07) is 8.05. The summed E-state index contributed by atoms with van der Waals surface area (Å²) in [6.45, 7) is 3.32. The molecule has 0 aromatic heterocycles. The van der Waals surface area contributed by atoms with Crippen LogP contribution in [0, 0.1) is 5.92 Å². The fourth-order valence-electron chi connectivity index (χ4n) is 4.66. The number of carboxylic acids is 1. The van der Waals surface area contributed by atoms with E-state index in [2.05, 4.69) is 26.6 Å². The van der Waals surface area contributed by atoms with Gasteiger partial charge in [0, 0.05) is 6.42 Å². The molecule has 2 aromatic rings. The molecule has 11 N–H and O–H groups in total. The highest BCUT2D eigenvalue weighted by Gasteiger charge is 2.32. The highest BCUT2D eigenvalue weighted by Crippen LogP contribution is 2.11. The van der Waals surface area contributed by atoms with Crippen molar-refractivity contribution in [2.75, 3.05) is 13.2 Å². The number of benzene rings is 2. The Hall–Kier alpha value is -5.06. The number of carbonyl (C=O) groups is 6. The van der Waals surface area contributed by atoms with Gasteiger partial charge in [0.1, 0.15) is 23.9 Å². The lowest BCUT2D eigenvalue weighted by Crippen LogP contribution is -2.58. The fourth-order valence-corrected chi connectivity index (χ4v) is 4.66. The summed E-state index contributed by atoms with van der Waals surface area (Å²) in [5.41, 5.74) is 7.24. The van der Waals surface area contributed by atoms with Gasteiger partial charge in [0.05, 0.1) is 25.3 Å². The molecule has 49 heavy (non-hydrogen) atoms. The zero-order valence-electron chi connectivity index (χ0n) is 27.6. The number of aliphatic hydroxyl groups is 2. The van der Waals surface area contributed by atoms with Crippen LogP contribution in [-0.2, 0) is 41.6 Å². The number of phenols is 1. The normalized spacial score (nSPS) is 14.7. The zero-order valence-corrected chi connectivity index (χ0v) is 27.6. The molecular weight excluding hydrogens is 640 g/mol. The van der Waals surface area contributed by atoms with Crippen molar-refractivity contribution in [3.8, 4) is 5.75 Å². The molecule has 0 radical (unpaired) electrons. The van der Waals surface area contributed by atoms with Gasteiger partial charge in [0.25, 0.3) is 0 Å². The first kappa shape index (κ1) is 40.1. The van der Waals surface area contributed by atoms with Crippen LogP contribution in [0.15, 0.2) is 54.6 Å². The van der Waals surface area contributed by atoms with Gasteiger partial charge in [-0.25, -0.2) is 4.79 Å². The van der Waals surface area contributed by atoms with E-state index in [1.807, 2.05) is 0 Å². The van der Waals surface area contributed by atoms with Crippen LogP contribution in [0.5, 0.6) is 5.75 Å². The Labute approximate surface area is 283 Å². The molecule has 0 aliphatic rings. The van der Waals surface area contributed by atoms with E-state index >= 15 is 0 Å². The number of carbonyl (C=O) groups excluding carboxylic acids is 5. The lowest BCUT2D eigenvalue weighted by atomic mass is 10.0. The minimum Gasteiger partial charge on any atom is -0.508 e. The Morgan fingerprint density at radius 2 is 1.29 bits per heavy atom. The SMILES string of the molecule is CC(C)C[C@H](NC(=O)[C@H](Cc1ccccc1)NC(=O)CNC(=O)[C@H](CO)NC(=O)[C@H](N)Cc1ccc(O)cc1)C(=O)N[C@@H](C(=O)O)[C@H](C)O. The van der Waals surface area contributed by atoms with E-state index in [0.29, 0.717) is 11.1 Å². The average Bonchev–Trinajstić information content (AvgIpc) is 3.04. The molecule has 16 nitrogen and oxygen atoms in total. The van der Waals surface area contributed by atoms with Crippen LogP contribution < -0.4 is 32.3 Å². The first-order valence-corrected chi connectivity index (χ1v) is 15.7. The van der Waals surface area contributed by atoms with Gasteiger partial charge in [-0.15, -0.1) is 0 Å². The van der Waals surface area contributed by atoms with Crippen molar-refractivity contribution in [2.45, 2.75) is 76.3 Å². The maximum absolute atomic E-state index is 13.5. The van der Waals surface area contributed by atoms with Gasteiger partial charge in [0.2, 0.25) is 29.5 Å². The minimum absolute atomic E-state index is 0.0119. The Balaban J connectivity index is 2.09. The molecule has 5 amide bonds. The number of rotatable bonds is 19. The molecule has 0 aliphatic carbocycles. The molecule has 6 atom stereocenters. The molecule has 0 fully saturated rings. The third-order valence-corrected chi connectivity index (χ3v) is 7.29. The summed E-state index contributed by atoms with van der Waals surface area (Å²) in [5.74, 6) is -5.59. The van der Waals surface area contributed by atoms with Crippen LogP contribution in [0.2, 0.25) is 0 Å². The summed E-state index contributed by atoms with van der Waals surface area (Å²) in [6.07, 6.45) is -1.24. The number of nitrogens with two attached hydrogens (primary N) is 1. The van der Waals surface area contributed by atoms with E-state index < -0.39 is 85.0 Å². The molecule has 2 rings (SSSR count). The summed E-state index contributed by atoms with van der Waals surface area (Å²) in [4.78, 5) is 76.3. The van der Waals surface area contributed by atoms with Gasteiger partial charge in [-0.3, -0.25) is 24.0 Å². The smallest absolute Gasteiger partial charge is 0.328 e. The molecule has 0 saturated heterocycles. The Morgan fingerprint density at radius 3 is 1.84 bits per heavy atom. The summed E-state index contributed by atoms with van der Waals surface area (Å²) in [5, 5.41) is 50.3. The fraction of sp³-hybridized carbons (Fsp3) is 0.455. The number of hydrogen-bond acceptors (Lipinski definition) is 10. The van der Waals surface area contributed by atoms with Crippen molar-refractivity contribution in [3.63, 3.8) is 0 Å². The molecule has 0 saturated carbocycles. The maximum Gasteiger partial charge on any atom is 0.328 e. The molecule has 0 aliphatic heterocycles. The Morgan fingerprint density at radius 1 is 0.714 bits per heavy atom. The van der Waals surface area contributed by atoms with Crippen LogP contribution in [0.3, 0.4) is 0 Å². The Kier molecular flexibility index (Phi) is 16.1. The standard InChI is InChI=1S/C33H46N6O10/c1-18(2)13-24(32(47)39-28(19(3)41)33(48)49)37-31(46)25(15-20-7-5-4-6-8-20)36-27(43)16-35-30(45)26(17-40)38-29(44)23(34)14-21-9-11-22(42)12-10-21/h4-12,18-19,23-26,28,40-42H,13-17,34H2,1-3H3,(H,35,45)(H,36,43)(H,37,46)(H,38,44)(H,39,47)(H,48,49)/t19-,23+,24-,25-,26-,28+/m0/s1. The van der Waals surface area contributed by atoms with Crippen molar-refractivity contribution in [2.24, 2.45) is 11.7 Å². The van der Waals surface area contributed by atoms with Gasteiger partial charge in [0.15, 0.2) is 6.04 Å². The van der Waals surface area contributed by atoms with Gasteiger partial charge in [-0.1, -0.05) is 56.3 Å². The molecule has 2 aromatic carbocycles. The number of aliphatic carboxylic acids is 1. The number of aromatic hydroxyl groups is 1. The third kappa shape index (κ3) is 13.9. The van der Waals surface area contributed by atoms with E-state index in [1.54, 1.807) is 56.3 Å².